The third-order valence-electron chi connectivity index (χ3n) is 2.06. The summed E-state index contributed by atoms with van der Waals surface area (Å²) in [4.78, 5) is 0. The molecule has 0 amide bonds. The normalized spacial score (nSPS) is 9.93. The standard InChI is InChI=1S/C11H17NOS/c1-9-8-10(13-2)4-5-11(9)12-6-7-14-3/h4-5,8,12H,6-7H2,1-3H3. The first-order chi connectivity index (χ1) is 6.77. The van der Waals surface area contributed by atoms with Crippen LogP contribution in [0, 0.1) is 6.92 Å². The van der Waals surface area contributed by atoms with Crippen LogP contribution < -0.4 is 10.1 Å². The van der Waals surface area contributed by atoms with E-state index in [1.807, 2.05) is 23.9 Å². The Hall–Kier alpha value is -0.830. The van der Waals surface area contributed by atoms with Crippen LogP contribution in [0.1, 0.15) is 5.56 Å². The second-order valence-electron chi connectivity index (χ2n) is 3.10. The van der Waals surface area contributed by atoms with Crippen LogP contribution in [-0.4, -0.2) is 25.7 Å². The molecule has 1 aromatic rings. The zero-order chi connectivity index (χ0) is 10.4. The Labute approximate surface area is 90.0 Å². The molecule has 0 bridgehead atoms. The van der Waals surface area contributed by atoms with Crippen molar-refractivity contribution in [2.45, 2.75) is 6.92 Å². The predicted octanol–water partition coefficient (Wildman–Crippen LogP) is 2.78. The number of benzene rings is 1. The summed E-state index contributed by atoms with van der Waals surface area (Å²) in [5, 5.41) is 3.39. The summed E-state index contributed by atoms with van der Waals surface area (Å²) in [5.74, 6) is 2.05. The van der Waals surface area contributed by atoms with Crippen molar-refractivity contribution in [2.75, 3.05) is 31.0 Å². The van der Waals surface area contributed by atoms with E-state index >= 15 is 0 Å². The van der Waals surface area contributed by atoms with Crippen molar-refractivity contribution in [2.24, 2.45) is 0 Å². The van der Waals surface area contributed by atoms with Crippen molar-refractivity contribution in [1.82, 2.24) is 0 Å². The van der Waals surface area contributed by atoms with E-state index in [4.69, 9.17) is 4.74 Å². The van der Waals surface area contributed by atoms with Gasteiger partial charge in [0.2, 0.25) is 0 Å². The molecule has 0 saturated heterocycles. The summed E-state index contributed by atoms with van der Waals surface area (Å²) in [6.45, 7) is 3.10. The largest absolute Gasteiger partial charge is 0.497 e. The first-order valence-corrected chi connectivity index (χ1v) is 6.04. The SMILES string of the molecule is COc1ccc(NCCSC)c(C)c1. The first-order valence-electron chi connectivity index (χ1n) is 4.65. The summed E-state index contributed by atoms with van der Waals surface area (Å²) >= 11 is 1.85. The van der Waals surface area contributed by atoms with E-state index in [0.717, 1.165) is 18.0 Å². The molecule has 1 rings (SSSR count). The average molecular weight is 211 g/mol. The monoisotopic (exact) mass is 211 g/mol. The molecule has 2 nitrogen and oxygen atoms in total. The van der Waals surface area contributed by atoms with E-state index in [9.17, 15) is 0 Å². The average Bonchev–Trinajstić information content (AvgIpc) is 2.20. The molecule has 1 N–H and O–H groups in total. The highest BCUT2D eigenvalue weighted by Gasteiger charge is 1.98. The third kappa shape index (κ3) is 3.14. The van der Waals surface area contributed by atoms with Gasteiger partial charge in [0.1, 0.15) is 5.75 Å². The lowest BCUT2D eigenvalue weighted by atomic mass is 10.2. The lowest BCUT2D eigenvalue weighted by Crippen LogP contribution is -2.04. The smallest absolute Gasteiger partial charge is 0.119 e. The Morgan fingerprint density at radius 2 is 2.21 bits per heavy atom. The topological polar surface area (TPSA) is 21.3 Å². The van der Waals surface area contributed by atoms with Gasteiger partial charge in [0.25, 0.3) is 0 Å². The molecule has 0 saturated carbocycles. The molecule has 1 aromatic carbocycles. The van der Waals surface area contributed by atoms with Crippen molar-refractivity contribution < 1.29 is 4.74 Å². The van der Waals surface area contributed by atoms with E-state index in [1.54, 1.807) is 7.11 Å². The fraction of sp³-hybridized carbons (Fsp3) is 0.455. The molecule has 78 valence electrons. The third-order valence-corrected chi connectivity index (χ3v) is 2.67. The molecular weight excluding hydrogens is 194 g/mol. The van der Waals surface area contributed by atoms with Crippen LogP contribution in [0.25, 0.3) is 0 Å². The second-order valence-corrected chi connectivity index (χ2v) is 4.09. The van der Waals surface area contributed by atoms with Gasteiger partial charge in [-0.3, -0.25) is 0 Å². The molecule has 0 heterocycles. The lowest BCUT2D eigenvalue weighted by Gasteiger charge is -2.10. The summed E-state index contributed by atoms with van der Waals surface area (Å²) in [7, 11) is 1.69. The highest BCUT2D eigenvalue weighted by Crippen LogP contribution is 2.20. The van der Waals surface area contributed by atoms with Crippen LogP contribution in [0.4, 0.5) is 5.69 Å². The van der Waals surface area contributed by atoms with Crippen LogP contribution in [0.2, 0.25) is 0 Å². The van der Waals surface area contributed by atoms with Crippen molar-refractivity contribution in [3.8, 4) is 5.75 Å². The van der Waals surface area contributed by atoms with Gasteiger partial charge < -0.3 is 10.1 Å². The fourth-order valence-corrected chi connectivity index (χ4v) is 1.56. The zero-order valence-electron chi connectivity index (χ0n) is 8.96. The van der Waals surface area contributed by atoms with E-state index in [1.165, 1.54) is 11.3 Å². The Kier molecular flexibility index (Phi) is 4.66. The number of rotatable bonds is 5. The highest BCUT2D eigenvalue weighted by molar-refractivity contribution is 7.98. The van der Waals surface area contributed by atoms with Crippen LogP contribution in [-0.2, 0) is 0 Å². The van der Waals surface area contributed by atoms with E-state index in [2.05, 4.69) is 24.6 Å². The van der Waals surface area contributed by atoms with Crippen molar-refractivity contribution in [3.63, 3.8) is 0 Å². The maximum Gasteiger partial charge on any atom is 0.119 e. The Morgan fingerprint density at radius 3 is 2.79 bits per heavy atom. The molecule has 0 atom stereocenters. The van der Waals surface area contributed by atoms with Crippen LogP contribution in [0.5, 0.6) is 5.75 Å². The summed E-state index contributed by atoms with van der Waals surface area (Å²) < 4.78 is 5.14. The van der Waals surface area contributed by atoms with Gasteiger partial charge in [0.05, 0.1) is 7.11 Å². The van der Waals surface area contributed by atoms with E-state index in [0.29, 0.717) is 0 Å². The Bertz CT molecular complexity index is 289. The summed E-state index contributed by atoms with van der Waals surface area (Å²) in [6, 6.07) is 6.09. The van der Waals surface area contributed by atoms with Crippen molar-refractivity contribution in [1.29, 1.82) is 0 Å². The highest BCUT2D eigenvalue weighted by atomic mass is 32.2. The molecule has 0 aliphatic heterocycles. The van der Waals surface area contributed by atoms with Gasteiger partial charge in [0.15, 0.2) is 0 Å². The van der Waals surface area contributed by atoms with Gasteiger partial charge in [0, 0.05) is 18.0 Å². The molecular formula is C11H17NOS. The summed E-state index contributed by atoms with van der Waals surface area (Å²) in [5.41, 5.74) is 2.42. The molecule has 0 aliphatic rings. The number of thioether (sulfide) groups is 1. The van der Waals surface area contributed by atoms with Crippen molar-refractivity contribution in [3.05, 3.63) is 23.8 Å². The molecule has 0 fully saturated rings. The molecule has 0 aromatic heterocycles. The predicted molar refractivity (Wildman–Crippen MR) is 64.6 cm³/mol. The number of ether oxygens (including phenoxy) is 1. The molecule has 0 unspecified atom stereocenters. The zero-order valence-corrected chi connectivity index (χ0v) is 9.78. The van der Waals surface area contributed by atoms with E-state index in [-0.39, 0.29) is 0 Å². The molecule has 0 spiro atoms. The Morgan fingerprint density at radius 1 is 1.43 bits per heavy atom. The van der Waals surface area contributed by atoms with Crippen LogP contribution in [0.3, 0.4) is 0 Å². The molecule has 0 aliphatic carbocycles. The minimum atomic E-state index is 0.915. The Balaban J connectivity index is 2.59. The number of methoxy groups -OCH3 is 1. The quantitative estimate of drug-likeness (QED) is 0.757. The minimum Gasteiger partial charge on any atom is -0.497 e. The maximum absolute atomic E-state index is 5.14. The van der Waals surface area contributed by atoms with Crippen LogP contribution in [0.15, 0.2) is 18.2 Å². The fourth-order valence-electron chi connectivity index (χ4n) is 1.25. The minimum absolute atomic E-state index is 0.915. The number of aryl methyl sites for hydroxylation is 1. The number of hydrogen-bond acceptors (Lipinski definition) is 3. The number of nitrogens with one attached hydrogen (secondary N) is 1. The lowest BCUT2D eigenvalue weighted by molar-refractivity contribution is 0.414. The molecule has 14 heavy (non-hydrogen) atoms. The van der Waals surface area contributed by atoms with Gasteiger partial charge in [-0.2, -0.15) is 11.8 Å². The molecule has 3 heteroatoms. The van der Waals surface area contributed by atoms with Crippen molar-refractivity contribution >= 4 is 17.4 Å². The summed E-state index contributed by atoms with van der Waals surface area (Å²) in [6.07, 6.45) is 2.11. The van der Waals surface area contributed by atoms with Gasteiger partial charge >= 0.3 is 0 Å². The van der Waals surface area contributed by atoms with Crippen LogP contribution >= 0.6 is 11.8 Å². The maximum atomic E-state index is 5.14. The van der Waals surface area contributed by atoms with Gasteiger partial charge in [-0.15, -0.1) is 0 Å². The molecule has 0 radical (unpaired) electrons. The van der Waals surface area contributed by atoms with Gasteiger partial charge in [-0.05, 0) is 36.9 Å². The van der Waals surface area contributed by atoms with E-state index < -0.39 is 0 Å². The first kappa shape index (κ1) is 11.2. The number of hydrogen-bond donors (Lipinski definition) is 1. The number of anilines is 1. The second kappa shape index (κ2) is 5.81. The van der Waals surface area contributed by atoms with Gasteiger partial charge in [-0.25, -0.2) is 0 Å². The van der Waals surface area contributed by atoms with Gasteiger partial charge in [-0.1, -0.05) is 0 Å².